The van der Waals surface area contributed by atoms with Gasteiger partial charge >= 0.3 is 12.1 Å². The van der Waals surface area contributed by atoms with Crippen molar-refractivity contribution >= 4 is 31.5 Å². The number of carbonyl (C=O) groups excluding carboxylic acids is 1. The number of carboxylic acids is 1. The second-order valence-electron chi connectivity index (χ2n) is 14.8. The number of hydrogen-bond acceptors (Lipinski definition) is 5. The predicted octanol–water partition coefficient (Wildman–Crippen LogP) is 6.22. The molecule has 3 atom stereocenters. The summed E-state index contributed by atoms with van der Waals surface area (Å²) in [7, 11) is -2.53. The first kappa shape index (κ1) is 37.2. The predicted molar refractivity (Wildman–Crippen MR) is 181 cm³/mol. The van der Waals surface area contributed by atoms with Gasteiger partial charge in [-0.2, -0.15) is 0 Å². The van der Waals surface area contributed by atoms with E-state index in [0.717, 1.165) is 23.2 Å². The van der Waals surface area contributed by atoms with Crippen molar-refractivity contribution in [1.29, 1.82) is 0 Å². The lowest BCUT2D eigenvalue weighted by Gasteiger charge is -2.39. The number of aliphatic hydroxyl groups is 1. The normalized spacial score (nSPS) is 15.5. The van der Waals surface area contributed by atoms with Gasteiger partial charge in [0.05, 0.1) is 12.1 Å². The van der Waals surface area contributed by atoms with Crippen LogP contribution in [0, 0.1) is 10.8 Å². The Morgan fingerprint density at radius 1 is 0.864 bits per heavy atom. The Bertz CT molecular complexity index is 1160. The summed E-state index contributed by atoms with van der Waals surface area (Å²) in [4.78, 5) is 26.2. The van der Waals surface area contributed by atoms with Crippen molar-refractivity contribution in [2.75, 3.05) is 0 Å². The van der Waals surface area contributed by atoms with Gasteiger partial charge in [-0.15, -0.1) is 0 Å². The molecule has 0 aliphatic carbocycles. The molecule has 0 aliphatic rings. The Morgan fingerprint density at radius 3 is 1.82 bits per heavy atom. The maximum Gasteiger partial charge on any atom is 0.407 e. The molecule has 0 saturated carbocycles. The van der Waals surface area contributed by atoms with Gasteiger partial charge in [0.1, 0.15) is 5.60 Å². The number of aliphatic hydroxyl groups excluding tert-OH is 1. The zero-order chi connectivity index (χ0) is 33.2. The lowest BCUT2D eigenvalue weighted by atomic mass is 9.75. The Hall–Kier alpha value is -2.94. The molecular formula is C36H55NO6Si. The number of allylic oxidation sites excluding steroid dienone is 1. The van der Waals surface area contributed by atoms with E-state index in [1.807, 2.05) is 67.6 Å². The van der Waals surface area contributed by atoms with E-state index in [1.165, 1.54) is 0 Å². The monoisotopic (exact) mass is 625 g/mol. The number of carbonyl (C=O) groups is 2. The first-order valence-electron chi connectivity index (χ1n) is 15.7. The van der Waals surface area contributed by atoms with Crippen molar-refractivity contribution < 1.29 is 29.0 Å². The fraction of sp³-hybridized carbons (Fsp3) is 0.556. The van der Waals surface area contributed by atoms with Crippen molar-refractivity contribution in [1.82, 2.24) is 5.32 Å². The van der Waals surface area contributed by atoms with Crippen LogP contribution in [-0.4, -0.2) is 54.7 Å². The average molecular weight is 626 g/mol. The molecule has 0 heterocycles. The number of ether oxygens (including phenoxy) is 1. The summed E-state index contributed by atoms with van der Waals surface area (Å²) in [6.45, 7) is 18.0. The highest BCUT2D eigenvalue weighted by Gasteiger charge is 2.46. The number of rotatable bonds is 15. The van der Waals surface area contributed by atoms with Crippen molar-refractivity contribution in [3.63, 3.8) is 0 Å². The van der Waals surface area contributed by atoms with Gasteiger partial charge in [-0.05, 0) is 68.2 Å². The summed E-state index contributed by atoms with van der Waals surface area (Å²) < 4.78 is 12.3. The average Bonchev–Trinajstić information content (AvgIpc) is 2.92. The molecule has 8 heteroatoms. The van der Waals surface area contributed by atoms with Gasteiger partial charge in [0.15, 0.2) is 5.60 Å². The van der Waals surface area contributed by atoms with Gasteiger partial charge in [-0.1, -0.05) is 107 Å². The zero-order valence-electron chi connectivity index (χ0n) is 28.2. The molecule has 0 unspecified atom stereocenters. The van der Waals surface area contributed by atoms with E-state index in [0.29, 0.717) is 6.42 Å². The summed E-state index contributed by atoms with van der Waals surface area (Å²) in [5.74, 6) is -1.15. The van der Waals surface area contributed by atoms with Gasteiger partial charge in [0, 0.05) is 12.8 Å². The summed E-state index contributed by atoms with van der Waals surface area (Å²) in [5, 5.41) is 27.4. The Labute approximate surface area is 266 Å². The first-order chi connectivity index (χ1) is 20.4. The van der Waals surface area contributed by atoms with Crippen LogP contribution in [0.4, 0.5) is 4.79 Å². The minimum absolute atomic E-state index is 0.0611. The molecule has 3 N–H and O–H groups in total. The fourth-order valence-corrected chi connectivity index (χ4v) is 7.70. The number of carboxylic acid groups (broad SMARTS) is 1. The van der Waals surface area contributed by atoms with Crippen LogP contribution < -0.4 is 15.7 Å². The minimum atomic E-state index is -2.53. The maximum atomic E-state index is 13.2. The SMILES string of the molecule is CC=CC[C@](C[C@H](O)[C@H](CC(C)(C)CCC(C)(C)C)NC(=O)OC(C)(C)C)(O[SiH](c1ccccc1)c1ccccc1)C(=O)O. The standard InChI is InChI=1S/C36H55NO6Si/c1-10-11-22-36(31(39)40,43-44(27-18-14-12-15-19-27)28-20-16-13-17-21-28)26-30(38)29(37-32(41)42-34(5,6)7)25-35(8,9)24-23-33(2,3)4/h10-21,29-30,38,44H,22-26H2,1-9H3,(H,37,41)(H,39,40)/t29-,30-,36+/m0/s1. The molecule has 2 rings (SSSR count). The van der Waals surface area contributed by atoms with Gasteiger partial charge in [-0.25, -0.2) is 9.59 Å². The van der Waals surface area contributed by atoms with E-state index in [-0.39, 0.29) is 23.7 Å². The maximum absolute atomic E-state index is 13.2. The fourth-order valence-electron chi connectivity index (χ4n) is 5.16. The molecule has 0 aromatic heterocycles. The quantitative estimate of drug-likeness (QED) is 0.160. The van der Waals surface area contributed by atoms with Crippen molar-refractivity contribution in [3.05, 3.63) is 72.8 Å². The van der Waals surface area contributed by atoms with Gasteiger partial charge in [0.25, 0.3) is 0 Å². The lowest BCUT2D eigenvalue weighted by molar-refractivity contribution is -0.158. The number of nitrogens with one attached hydrogen (secondary N) is 1. The van der Waals surface area contributed by atoms with E-state index in [4.69, 9.17) is 9.16 Å². The molecule has 7 nitrogen and oxygen atoms in total. The Morgan fingerprint density at radius 2 is 1.39 bits per heavy atom. The zero-order valence-corrected chi connectivity index (χ0v) is 29.4. The third-order valence-corrected chi connectivity index (χ3v) is 10.3. The van der Waals surface area contributed by atoms with Crippen LogP contribution in [0.15, 0.2) is 72.8 Å². The first-order valence-corrected chi connectivity index (χ1v) is 17.3. The van der Waals surface area contributed by atoms with Gasteiger partial charge in [0.2, 0.25) is 9.04 Å². The molecule has 44 heavy (non-hydrogen) atoms. The van der Waals surface area contributed by atoms with E-state index in [9.17, 15) is 19.8 Å². The smallest absolute Gasteiger partial charge is 0.407 e. The van der Waals surface area contributed by atoms with E-state index < -0.39 is 44.5 Å². The third-order valence-electron chi connectivity index (χ3n) is 7.65. The van der Waals surface area contributed by atoms with Crippen molar-refractivity contribution in [2.24, 2.45) is 10.8 Å². The van der Waals surface area contributed by atoms with Crippen LogP contribution >= 0.6 is 0 Å². The topological polar surface area (TPSA) is 105 Å². The van der Waals surface area contributed by atoms with Crippen LogP contribution in [0.5, 0.6) is 0 Å². The highest BCUT2D eigenvalue weighted by atomic mass is 28.3. The molecule has 244 valence electrons. The molecule has 0 bridgehead atoms. The Kier molecular flexibility index (Phi) is 13.4. The number of aliphatic carboxylic acids is 1. The van der Waals surface area contributed by atoms with Gasteiger partial charge < -0.3 is 24.7 Å². The lowest BCUT2D eigenvalue weighted by Crippen LogP contribution is -2.58. The number of hydrogen-bond donors (Lipinski definition) is 3. The summed E-state index contributed by atoms with van der Waals surface area (Å²) in [5.41, 5.74) is -2.60. The van der Waals surface area contributed by atoms with Crippen LogP contribution in [0.3, 0.4) is 0 Å². The molecule has 0 aliphatic heterocycles. The number of benzene rings is 2. The Balaban J connectivity index is 2.53. The van der Waals surface area contributed by atoms with Crippen molar-refractivity contribution in [2.45, 2.75) is 118 Å². The summed E-state index contributed by atoms with van der Waals surface area (Å²) >= 11 is 0. The van der Waals surface area contributed by atoms with Crippen LogP contribution in [0.25, 0.3) is 0 Å². The molecule has 0 saturated heterocycles. The summed E-state index contributed by atoms with van der Waals surface area (Å²) in [6, 6.07) is 18.6. The van der Waals surface area contributed by atoms with Crippen LogP contribution in [0.1, 0.15) is 94.4 Å². The van der Waals surface area contributed by atoms with Crippen molar-refractivity contribution in [3.8, 4) is 0 Å². The number of alkyl carbamates (subject to hydrolysis) is 1. The minimum Gasteiger partial charge on any atom is -0.479 e. The van der Waals surface area contributed by atoms with E-state index in [2.05, 4.69) is 39.9 Å². The molecule has 2 aromatic carbocycles. The molecule has 1 amide bonds. The highest BCUT2D eigenvalue weighted by molar-refractivity contribution is 6.80. The van der Waals surface area contributed by atoms with Crippen LogP contribution in [0.2, 0.25) is 0 Å². The summed E-state index contributed by atoms with van der Waals surface area (Å²) in [6.07, 6.45) is 3.79. The molecule has 0 fully saturated rings. The van der Waals surface area contributed by atoms with E-state index in [1.54, 1.807) is 32.9 Å². The number of amides is 1. The highest BCUT2D eigenvalue weighted by Crippen LogP contribution is 2.36. The van der Waals surface area contributed by atoms with Gasteiger partial charge in [-0.3, -0.25) is 0 Å². The largest absolute Gasteiger partial charge is 0.479 e. The molecular weight excluding hydrogens is 570 g/mol. The second kappa shape index (κ2) is 15.9. The molecule has 0 radical (unpaired) electrons. The molecule has 2 aromatic rings. The third kappa shape index (κ3) is 12.6. The molecule has 0 spiro atoms. The second-order valence-corrected chi connectivity index (χ2v) is 17.2. The van der Waals surface area contributed by atoms with E-state index >= 15 is 0 Å². The van der Waals surface area contributed by atoms with Crippen LogP contribution in [-0.2, 0) is 14.0 Å².